The average Bonchev–Trinajstić information content (AvgIpc) is 2.59. The summed E-state index contributed by atoms with van der Waals surface area (Å²) < 4.78 is 27.3. The number of carbonyl (C=O) groups is 1. The molecule has 0 atom stereocenters. The van der Waals surface area contributed by atoms with E-state index in [2.05, 4.69) is 0 Å². The van der Waals surface area contributed by atoms with Crippen molar-refractivity contribution in [2.45, 2.75) is 31.1 Å². The molecule has 1 N–H and O–H groups in total. The lowest BCUT2D eigenvalue weighted by Gasteiger charge is -2.24. The van der Waals surface area contributed by atoms with Crippen LogP contribution in [0.5, 0.6) is 0 Å². The van der Waals surface area contributed by atoms with Gasteiger partial charge in [-0.05, 0) is 54.8 Å². The fraction of sp³-hybridized carbons (Fsp3) is 0.278. The Kier molecular flexibility index (Phi) is 6.45. The van der Waals surface area contributed by atoms with Crippen LogP contribution in [0.2, 0.25) is 5.02 Å². The zero-order valence-corrected chi connectivity index (χ0v) is 15.4. The van der Waals surface area contributed by atoms with E-state index in [1.165, 1.54) is 28.6 Å². The van der Waals surface area contributed by atoms with E-state index in [9.17, 15) is 13.2 Å². The third kappa shape index (κ3) is 4.96. The molecule has 0 aromatic heterocycles. The van der Waals surface area contributed by atoms with E-state index >= 15 is 0 Å². The molecule has 0 aliphatic carbocycles. The van der Waals surface area contributed by atoms with Crippen molar-refractivity contribution in [2.75, 3.05) is 10.8 Å². The van der Waals surface area contributed by atoms with Crippen LogP contribution >= 0.6 is 11.6 Å². The molecule has 0 fully saturated rings. The van der Waals surface area contributed by atoms with Gasteiger partial charge in [-0.25, -0.2) is 8.42 Å². The second-order valence-electron chi connectivity index (χ2n) is 5.55. The summed E-state index contributed by atoms with van der Waals surface area (Å²) >= 11 is 5.84. The Morgan fingerprint density at radius 3 is 2.20 bits per heavy atom. The van der Waals surface area contributed by atoms with Gasteiger partial charge in [0.15, 0.2) is 0 Å². The van der Waals surface area contributed by atoms with E-state index in [-0.39, 0.29) is 24.3 Å². The third-order valence-corrected chi connectivity index (χ3v) is 5.88. The van der Waals surface area contributed by atoms with Gasteiger partial charge in [0.05, 0.1) is 10.6 Å². The number of rotatable bonds is 8. The Balaban J connectivity index is 2.37. The van der Waals surface area contributed by atoms with Crippen molar-refractivity contribution in [3.63, 3.8) is 0 Å². The van der Waals surface area contributed by atoms with Crippen molar-refractivity contribution in [1.29, 1.82) is 0 Å². The van der Waals surface area contributed by atoms with Crippen LogP contribution in [0.15, 0.2) is 53.4 Å². The monoisotopic (exact) mass is 381 g/mol. The molecule has 0 saturated carbocycles. The van der Waals surface area contributed by atoms with E-state index in [1.807, 2.05) is 19.1 Å². The molecule has 0 aliphatic rings. The molecule has 0 spiro atoms. The van der Waals surface area contributed by atoms with Crippen LogP contribution in [0.4, 0.5) is 5.69 Å². The van der Waals surface area contributed by atoms with Gasteiger partial charge in [0.2, 0.25) is 0 Å². The number of aliphatic carboxylic acids is 1. The average molecular weight is 382 g/mol. The summed E-state index contributed by atoms with van der Waals surface area (Å²) in [6.45, 7) is 2.10. The maximum Gasteiger partial charge on any atom is 0.303 e. The molecule has 0 aliphatic heterocycles. The van der Waals surface area contributed by atoms with Gasteiger partial charge in [-0.3, -0.25) is 9.10 Å². The van der Waals surface area contributed by atoms with Crippen LogP contribution in [0.25, 0.3) is 0 Å². The van der Waals surface area contributed by atoms with Crippen LogP contribution in [-0.2, 0) is 21.2 Å². The van der Waals surface area contributed by atoms with Crippen LogP contribution < -0.4 is 4.31 Å². The van der Waals surface area contributed by atoms with Crippen molar-refractivity contribution in [3.05, 3.63) is 59.1 Å². The summed E-state index contributed by atoms with van der Waals surface area (Å²) in [6.07, 6.45) is 0.973. The highest BCUT2D eigenvalue weighted by Crippen LogP contribution is 2.25. The molecule has 0 bridgehead atoms. The number of carboxylic acid groups (broad SMARTS) is 1. The topological polar surface area (TPSA) is 74.7 Å². The van der Waals surface area contributed by atoms with Gasteiger partial charge >= 0.3 is 5.97 Å². The number of halogens is 1. The molecule has 0 amide bonds. The van der Waals surface area contributed by atoms with Gasteiger partial charge in [-0.2, -0.15) is 0 Å². The number of anilines is 1. The summed E-state index contributed by atoms with van der Waals surface area (Å²) in [5, 5.41) is 9.28. The lowest BCUT2D eigenvalue weighted by molar-refractivity contribution is -0.137. The summed E-state index contributed by atoms with van der Waals surface area (Å²) in [6, 6.07) is 13.2. The van der Waals surface area contributed by atoms with E-state index in [0.29, 0.717) is 10.7 Å². The highest BCUT2D eigenvalue weighted by molar-refractivity contribution is 7.92. The number of benzene rings is 2. The Bertz CT molecular complexity index is 817. The largest absolute Gasteiger partial charge is 0.481 e. The van der Waals surface area contributed by atoms with E-state index in [0.717, 1.165) is 12.0 Å². The molecule has 2 aromatic carbocycles. The van der Waals surface area contributed by atoms with Crippen molar-refractivity contribution >= 4 is 33.3 Å². The van der Waals surface area contributed by atoms with Gasteiger partial charge in [0.25, 0.3) is 10.0 Å². The van der Waals surface area contributed by atoms with Gasteiger partial charge in [0.1, 0.15) is 0 Å². The first-order valence-corrected chi connectivity index (χ1v) is 9.75. The first-order chi connectivity index (χ1) is 11.8. The maximum atomic E-state index is 13.0. The highest BCUT2D eigenvalue weighted by Gasteiger charge is 2.24. The number of sulfonamides is 1. The summed E-state index contributed by atoms with van der Waals surface area (Å²) in [5.74, 6) is -0.954. The Labute approximate surface area is 152 Å². The number of carboxylic acids is 1. The fourth-order valence-corrected chi connectivity index (χ4v) is 4.02. The predicted molar refractivity (Wildman–Crippen MR) is 98.7 cm³/mol. The number of hydrogen-bond donors (Lipinski definition) is 1. The quantitative estimate of drug-likeness (QED) is 0.750. The zero-order chi connectivity index (χ0) is 18.4. The molecule has 0 radical (unpaired) electrons. The first-order valence-electron chi connectivity index (χ1n) is 7.93. The van der Waals surface area contributed by atoms with E-state index in [1.54, 1.807) is 12.1 Å². The lowest BCUT2D eigenvalue weighted by atomic mass is 10.1. The smallest absolute Gasteiger partial charge is 0.303 e. The minimum atomic E-state index is -3.81. The zero-order valence-electron chi connectivity index (χ0n) is 13.9. The number of nitrogens with zero attached hydrogens (tertiary/aromatic N) is 1. The Hall–Kier alpha value is -2.05. The predicted octanol–water partition coefficient (Wildman–Crippen LogP) is 3.96. The molecule has 5 nitrogen and oxygen atoms in total. The SMILES string of the molecule is CCc1ccc(N(CCCC(=O)O)S(=O)(=O)c2ccc(Cl)cc2)cc1. The van der Waals surface area contributed by atoms with Crippen molar-refractivity contribution < 1.29 is 18.3 Å². The molecule has 0 heterocycles. The fourth-order valence-electron chi connectivity index (χ4n) is 2.39. The maximum absolute atomic E-state index is 13.0. The molecule has 7 heteroatoms. The van der Waals surface area contributed by atoms with Crippen LogP contribution in [0.1, 0.15) is 25.3 Å². The first kappa shape index (κ1) is 19.3. The Morgan fingerprint density at radius 1 is 1.08 bits per heavy atom. The second kappa shape index (κ2) is 8.36. The molecule has 134 valence electrons. The summed E-state index contributed by atoms with van der Waals surface area (Å²) in [7, 11) is -3.81. The normalized spacial score (nSPS) is 11.3. The molecule has 25 heavy (non-hydrogen) atoms. The highest BCUT2D eigenvalue weighted by atomic mass is 35.5. The van der Waals surface area contributed by atoms with Crippen molar-refractivity contribution in [3.8, 4) is 0 Å². The molecule has 2 rings (SSSR count). The van der Waals surface area contributed by atoms with Crippen LogP contribution in [0, 0.1) is 0 Å². The second-order valence-corrected chi connectivity index (χ2v) is 7.85. The lowest BCUT2D eigenvalue weighted by Crippen LogP contribution is -2.32. The standard InChI is InChI=1S/C18H20ClNO4S/c1-2-14-5-9-16(10-6-14)20(13-3-4-18(21)22)25(23,24)17-11-7-15(19)8-12-17/h5-12H,2-4,13H2,1H3,(H,21,22). The van der Waals surface area contributed by atoms with Gasteiger partial charge in [-0.15, -0.1) is 0 Å². The number of hydrogen-bond acceptors (Lipinski definition) is 3. The minimum absolute atomic E-state index is 0.0860. The van der Waals surface area contributed by atoms with Gasteiger partial charge in [-0.1, -0.05) is 30.7 Å². The number of aryl methyl sites for hydroxylation is 1. The summed E-state index contributed by atoms with van der Waals surface area (Å²) in [5.41, 5.74) is 1.61. The molecule has 0 unspecified atom stereocenters. The molecular formula is C18H20ClNO4S. The van der Waals surface area contributed by atoms with Crippen molar-refractivity contribution in [2.24, 2.45) is 0 Å². The third-order valence-electron chi connectivity index (χ3n) is 3.79. The van der Waals surface area contributed by atoms with Crippen LogP contribution in [0.3, 0.4) is 0 Å². The van der Waals surface area contributed by atoms with Crippen molar-refractivity contribution in [1.82, 2.24) is 0 Å². The van der Waals surface area contributed by atoms with Gasteiger partial charge in [0, 0.05) is 18.0 Å². The molecule has 2 aromatic rings. The Morgan fingerprint density at radius 2 is 1.68 bits per heavy atom. The summed E-state index contributed by atoms with van der Waals surface area (Å²) in [4.78, 5) is 10.9. The van der Waals surface area contributed by atoms with E-state index < -0.39 is 16.0 Å². The van der Waals surface area contributed by atoms with Gasteiger partial charge < -0.3 is 5.11 Å². The van der Waals surface area contributed by atoms with E-state index in [4.69, 9.17) is 16.7 Å². The van der Waals surface area contributed by atoms with Crippen LogP contribution in [-0.4, -0.2) is 26.0 Å². The molecular weight excluding hydrogens is 362 g/mol. The minimum Gasteiger partial charge on any atom is -0.481 e. The molecule has 0 saturated heterocycles.